The van der Waals surface area contributed by atoms with Crippen LogP contribution in [0.15, 0.2) is 64.4 Å². The van der Waals surface area contributed by atoms with Gasteiger partial charge in [0.1, 0.15) is 0 Å². The SMILES string of the molecule is CC(C)(Sc1ccnc2ccc(Br)cc12)C(=O)Cc1ccncc1. The Morgan fingerprint density at radius 1 is 1.12 bits per heavy atom. The lowest BCUT2D eigenvalue weighted by molar-refractivity contribution is -0.119. The van der Waals surface area contributed by atoms with Crippen LogP contribution in [0.5, 0.6) is 0 Å². The summed E-state index contributed by atoms with van der Waals surface area (Å²) in [6.07, 6.45) is 5.64. The van der Waals surface area contributed by atoms with Crippen molar-refractivity contribution >= 4 is 44.4 Å². The number of hydrogen-bond donors (Lipinski definition) is 0. The van der Waals surface area contributed by atoms with E-state index in [1.807, 2.05) is 50.2 Å². The molecule has 0 aliphatic carbocycles. The standard InChI is InChI=1S/C19H17BrN2OS/c1-19(2,18(23)11-13-5-8-21-9-6-13)24-17-7-10-22-16-4-3-14(20)12-15(16)17/h3-10,12H,11H2,1-2H3. The number of ketones is 1. The van der Waals surface area contributed by atoms with Crippen molar-refractivity contribution in [1.82, 2.24) is 9.97 Å². The largest absolute Gasteiger partial charge is 0.298 e. The van der Waals surface area contributed by atoms with Gasteiger partial charge in [0.2, 0.25) is 0 Å². The van der Waals surface area contributed by atoms with E-state index in [0.29, 0.717) is 6.42 Å². The van der Waals surface area contributed by atoms with Crippen molar-refractivity contribution in [2.45, 2.75) is 29.9 Å². The maximum absolute atomic E-state index is 12.8. The predicted octanol–water partition coefficient (Wildman–Crippen LogP) is 5.07. The molecule has 0 saturated heterocycles. The summed E-state index contributed by atoms with van der Waals surface area (Å²) >= 11 is 5.09. The molecule has 0 aliphatic rings. The highest BCUT2D eigenvalue weighted by Gasteiger charge is 2.29. The number of halogens is 1. The number of rotatable bonds is 5. The Bertz CT molecular complexity index is 881. The van der Waals surface area contributed by atoms with Gasteiger partial charge >= 0.3 is 0 Å². The topological polar surface area (TPSA) is 42.9 Å². The highest BCUT2D eigenvalue weighted by atomic mass is 79.9. The van der Waals surface area contributed by atoms with E-state index < -0.39 is 4.75 Å². The van der Waals surface area contributed by atoms with Gasteiger partial charge in [-0.05, 0) is 55.8 Å². The first kappa shape index (κ1) is 17.1. The first-order valence-corrected chi connectivity index (χ1v) is 9.22. The summed E-state index contributed by atoms with van der Waals surface area (Å²) in [5.74, 6) is 0.193. The van der Waals surface area contributed by atoms with E-state index in [-0.39, 0.29) is 5.78 Å². The minimum Gasteiger partial charge on any atom is -0.298 e. The minimum atomic E-state index is -0.528. The van der Waals surface area contributed by atoms with Crippen molar-refractivity contribution < 1.29 is 4.79 Å². The molecule has 0 bridgehead atoms. The van der Waals surface area contributed by atoms with Crippen molar-refractivity contribution in [2.24, 2.45) is 0 Å². The van der Waals surface area contributed by atoms with Gasteiger partial charge in [0.15, 0.2) is 5.78 Å². The number of hydrogen-bond acceptors (Lipinski definition) is 4. The average molecular weight is 401 g/mol. The summed E-state index contributed by atoms with van der Waals surface area (Å²) in [5, 5.41) is 1.06. The number of Topliss-reactive ketones (excluding diaryl/α,β-unsaturated/α-hetero) is 1. The maximum atomic E-state index is 12.8. The summed E-state index contributed by atoms with van der Waals surface area (Å²) < 4.78 is 0.477. The van der Waals surface area contributed by atoms with Crippen LogP contribution in [0.1, 0.15) is 19.4 Å². The van der Waals surface area contributed by atoms with Crippen LogP contribution >= 0.6 is 27.7 Å². The fourth-order valence-corrected chi connectivity index (χ4v) is 3.91. The van der Waals surface area contributed by atoms with E-state index in [9.17, 15) is 4.79 Å². The molecule has 3 aromatic rings. The number of carbonyl (C=O) groups is 1. The molecule has 0 N–H and O–H groups in total. The molecule has 3 rings (SSSR count). The Morgan fingerprint density at radius 2 is 1.88 bits per heavy atom. The third-order valence-corrected chi connectivity index (χ3v) is 5.62. The minimum absolute atomic E-state index is 0.193. The maximum Gasteiger partial charge on any atom is 0.153 e. The fourth-order valence-electron chi connectivity index (χ4n) is 2.41. The van der Waals surface area contributed by atoms with Crippen molar-refractivity contribution in [3.05, 3.63) is 65.0 Å². The van der Waals surface area contributed by atoms with Crippen molar-refractivity contribution in [3.63, 3.8) is 0 Å². The molecule has 2 heterocycles. The predicted molar refractivity (Wildman–Crippen MR) is 102 cm³/mol. The smallest absolute Gasteiger partial charge is 0.153 e. The molecule has 0 aliphatic heterocycles. The lowest BCUT2D eigenvalue weighted by atomic mass is 10.0. The Balaban J connectivity index is 1.86. The quantitative estimate of drug-likeness (QED) is 0.560. The number of fused-ring (bicyclic) bond motifs is 1. The van der Waals surface area contributed by atoms with Crippen molar-refractivity contribution in [2.75, 3.05) is 0 Å². The Kier molecular flexibility index (Phi) is 5.01. The van der Waals surface area contributed by atoms with Crippen LogP contribution in [0.25, 0.3) is 10.9 Å². The third-order valence-electron chi connectivity index (χ3n) is 3.81. The van der Waals surface area contributed by atoms with Gasteiger partial charge in [0, 0.05) is 39.8 Å². The van der Waals surface area contributed by atoms with Gasteiger partial charge in [0.25, 0.3) is 0 Å². The number of thioether (sulfide) groups is 1. The van der Waals surface area contributed by atoms with Crippen LogP contribution in [0, 0.1) is 0 Å². The van der Waals surface area contributed by atoms with Crippen LogP contribution < -0.4 is 0 Å². The van der Waals surface area contributed by atoms with Crippen LogP contribution in [0.4, 0.5) is 0 Å². The zero-order chi connectivity index (χ0) is 17.2. The molecule has 24 heavy (non-hydrogen) atoms. The number of aromatic nitrogens is 2. The molecular formula is C19H17BrN2OS. The Labute approximate surface area is 154 Å². The van der Waals surface area contributed by atoms with Gasteiger partial charge < -0.3 is 0 Å². The molecule has 0 spiro atoms. The Hall–Kier alpha value is -1.72. The van der Waals surface area contributed by atoms with Gasteiger partial charge in [0.05, 0.1) is 10.3 Å². The van der Waals surface area contributed by atoms with Crippen molar-refractivity contribution in [1.29, 1.82) is 0 Å². The second-order valence-corrected chi connectivity index (χ2v) is 8.62. The fraction of sp³-hybridized carbons (Fsp3) is 0.211. The lowest BCUT2D eigenvalue weighted by Crippen LogP contribution is -2.29. The normalized spacial score (nSPS) is 11.6. The summed E-state index contributed by atoms with van der Waals surface area (Å²) in [6, 6.07) is 11.8. The van der Waals surface area contributed by atoms with E-state index in [1.54, 1.807) is 30.4 Å². The molecule has 0 saturated carbocycles. The molecular weight excluding hydrogens is 384 g/mol. The summed E-state index contributed by atoms with van der Waals surface area (Å²) in [5.41, 5.74) is 1.92. The molecule has 0 unspecified atom stereocenters. The molecule has 5 heteroatoms. The molecule has 3 nitrogen and oxygen atoms in total. The Morgan fingerprint density at radius 3 is 2.62 bits per heavy atom. The summed E-state index contributed by atoms with van der Waals surface area (Å²) in [7, 11) is 0. The second kappa shape index (κ2) is 7.03. The van der Waals surface area contributed by atoms with E-state index >= 15 is 0 Å². The van der Waals surface area contributed by atoms with Crippen LogP contribution in [-0.2, 0) is 11.2 Å². The zero-order valence-corrected chi connectivity index (χ0v) is 15.9. The molecule has 0 radical (unpaired) electrons. The summed E-state index contributed by atoms with van der Waals surface area (Å²) in [4.78, 5) is 22.2. The van der Waals surface area contributed by atoms with E-state index in [0.717, 1.165) is 25.8 Å². The molecule has 2 aromatic heterocycles. The van der Waals surface area contributed by atoms with Gasteiger partial charge in [-0.25, -0.2) is 0 Å². The number of carbonyl (C=O) groups excluding carboxylic acids is 1. The monoisotopic (exact) mass is 400 g/mol. The molecule has 122 valence electrons. The van der Waals surface area contributed by atoms with Gasteiger partial charge in [-0.1, -0.05) is 15.9 Å². The van der Waals surface area contributed by atoms with Gasteiger partial charge in [-0.2, -0.15) is 0 Å². The van der Waals surface area contributed by atoms with Crippen LogP contribution in [0.2, 0.25) is 0 Å². The van der Waals surface area contributed by atoms with E-state index in [1.165, 1.54) is 0 Å². The highest BCUT2D eigenvalue weighted by molar-refractivity contribution is 9.10. The van der Waals surface area contributed by atoms with E-state index in [2.05, 4.69) is 25.9 Å². The van der Waals surface area contributed by atoms with Gasteiger partial charge in [-0.15, -0.1) is 11.8 Å². The lowest BCUT2D eigenvalue weighted by Gasteiger charge is -2.23. The zero-order valence-electron chi connectivity index (χ0n) is 13.5. The van der Waals surface area contributed by atoms with Crippen LogP contribution in [-0.4, -0.2) is 20.5 Å². The summed E-state index contributed by atoms with van der Waals surface area (Å²) in [6.45, 7) is 3.96. The molecule has 0 fully saturated rings. The first-order chi connectivity index (χ1) is 11.5. The van der Waals surface area contributed by atoms with E-state index in [4.69, 9.17) is 0 Å². The molecule has 0 atom stereocenters. The first-order valence-electron chi connectivity index (χ1n) is 7.61. The highest BCUT2D eigenvalue weighted by Crippen LogP contribution is 2.38. The molecule has 1 aromatic carbocycles. The average Bonchev–Trinajstić information content (AvgIpc) is 2.56. The number of nitrogens with zero attached hydrogens (tertiary/aromatic N) is 2. The second-order valence-electron chi connectivity index (χ2n) is 6.04. The van der Waals surface area contributed by atoms with Crippen LogP contribution in [0.3, 0.4) is 0 Å². The number of pyridine rings is 2. The molecule has 0 amide bonds. The third kappa shape index (κ3) is 3.84. The van der Waals surface area contributed by atoms with Crippen molar-refractivity contribution in [3.8, 4) is 0 Å². The van der Waals surface area contributed by atoms with Gasteiger partial charge in [-0.3, -0.25) is 14.8 Å². The number of benzene rings is 1.